The van der Waals surface area contributed by atoms with Gasteiger partial charge in [0.1, 0.15) is 5.38 Å². The van der Waals surface area contributed by atoms with E-state index in [1.165, 1.54) is 6.42 Å². The van der Waals surface area contributed by atoms with Gasteiger partial charge < -0.3 is 4.90 Å². The first-order chi connectivity index (χ1) is 6.00. The van der Waals surface area contributed by atoms with Crippen molar-refractivity contribution in [1.29, 1.82) is 0 Å². The molecule has 3 unspecified atom stereocenters. The van der Waals surface area contributed by atoms with Crippen molar-refractivity contribution in [3.8, 4) is 0 Å². The van der Waals surface area contributed by atoms with Gasteiger partial charge in [-0.25, -0.2) is 0 Å². The van der Waals surface area contributed by atoms with Gasteiger partial charge in [0.15, 0.2) is 0 Å². The number of amides is 1. The van der Waals surface area contributed by atoms with Gasteiger partial charge in [-0.1, -0.05) is 13.8 Å². The molecule has 1 amide bonds. The Labute approximate surface area is 85.2 Å². The minimum absolute atomic E-state index is 0.0834. The molecular formula is C10H18ClNO. The molecule has 2 nitrogen and oxygen atoms in total. The number of carbonyl (C=O) groups is 1. The number of carbonyl (C=O) groups excluding carboxylic acids is 1. The number of alkyl halides is 1. The molecule has 3 heteroatoms. The summed E-state index contributed by atoms with van der Waals surface area (Å²) < 4.78 is 0. The zero-order valence-electron chi connectivity index (χ0n) is 8.59. The van der Waals surface area contributed by atoms with Crippen LogP contribution in [0.1, 0.15) is 27.2 Å². The molecule has 0 aromatic carbocycles. The van der Waals surface area contributed by atoms with E-state index in [0.29, 0.717) is 11.8 Å². The third kappa shape index (κ3) is 2.87. The average molecular weight is 204 g/mol. The fourth-order valence-corrected chi connectivity index (χ4v) is 2.23. The highest BCUT2D eigenvalue weighted by Gasteiger charge is 2.27. The Morgan fingerprint density at radius 3 is 2.23 bits per heavy atom. The summed E-state index contributed by atoms with van der Waals surface area (Å²) >= 11 is 5.77. The monoisotopic (exact) mass is 203 g/mol. The van der Waals surface area contributed by atoms with Crippen LogP contribution in [-0.4, -0.2) is 29.3 Å². The Bertz CT molecular complexity index is 183. The van der Waals surface area contributed by atoms with Crippen LogP contribution >= 0.6 is 11.6 Å². The first kappa shape index (κ1) is 10.8. The van der Waals surface area contributed by atoms with Crippen LogP contribution in [0.25, 0.3) is 0 Å². The van der Waals surface area contributed by atoms with Gasteiger partial charge in [0, 0.05) is 13.1 Å². The highest BCUT2D eigenvalue weighted by Crippen LogP contribution is 2.21. The van der Waals surface area contributed by atoms with E-state index in [2.05, 4.69) is 13.8 Å². The molecular weight excluding hydrogens is 186 g/mol. The minimum Gasteiger partial charge on any atom is -0.341 e. The highest BCUT2D eigenvalue weighted by atomic mass is 35.5. The maximum atomic E-state index is 11.6. The zero-order chi connectivity index (χ0) is 10.0. The standard InChI is InChI=1S/C10H18ClNO/c1-7-4-8(2)6-12(5-7)10(13)9(3)11/h7-9H,4-6H2,1-3H3. The number of rotatable bonds is 1. The van der Waals surface area contributed by atoms with Gasteiger partial charge in [-0.05, 0) is 25.2 Å². The van der Waals surface area contributed by atoms with Crippen molar-refractivity contribution in [2.24, 2.45) is 11.8 Å². The van der Waals surface area contributed by atoms with Crippen molar-refractivity contribution in [3.63, 3.8) is 0 Å². The second-order valence-electron chi connectivity index (χ2n) is 4.31. The first-order valence-electron chi connectivity index (χ1n) is 4.93. The van der Waals surface area contributed by atoms with E-state index < -0.39 is 0 Å². The third-order valence-corrected chi connectivity index (χ3v) is 2.71. The predicted octanol–water partition coefficient (Wildman–Crippen LogP) is 2.12. The van der Waals surface area contributed by atoms with Crippen molar-refractivity contribution < 1.29 is 4.79 Å². The van der Waals surface area contributed by atoms with E-state index in [9.17, 15) is 4.79 Å². The summed E-state index contributed by atoms with van der Waals surface area (Å²) in [4.78, 5) is 13.5. The summed E-state index contributed by atoms with van der Waals surface area (Å²) in [6.45, 7) is 7.87. The molecule has 1 rings (SSSR count). The Hall–Kier alpha value is -0.240. The van der Waals surface area contributed by atoms with Gasteiger partial charge in [-0.15, -0.1) is 11.6 Å². The lowest BCUT2D eigenvalue weighted by Crippen LogP contribution is -2.45. The summed E-state index contributed by atoms with van der Waals surface area (Å²) in [5, 5.41) is -0.377. The minimum atomic E-state index is -0.377. The van der Waals surface area contributed by atoms with Crippen LogP contribution in [0.3, 0.4) is 0 Å². The lowest BCUT2D eigenvalue weighted by atomic mass is 9.92. The predicted molar refractivity (Wildman–Crippen MR) is 54.8 cm³/mol. The van der Waals surface area contributed by atoms with E-state index in [-0.39, 0.29) is 11.3 Å². The van der Waals surface area contributed by atoms with E-state index in [1.807, 2.05) is 4.90 Å². The van der Waals surface area contributed by atoms with Crippen LogP contribution in [0.15, 0.2) is 0 Å². The summed E-state index contributed by atoms with van der Waals surface area (Å²) in [6.07, 6.45) is 1.22. The number of likely N-dealkylation sites (tertiary alicyclic amines) is 1. The summed E-state index contributed by atoms with van der Waals surface area (Å²) in [6, 6.07) is 0. The van der Waals surface area contributed by atoms with Crippen molar-refractivity contribution in [3.05, 3.63) is 0 Å². The van der Waals surface area contributed by atoms with Crippen LogP contribution in [-0.2, 0) is 4.79 Å². The van der Waals surface area contributed by atoms with Gasteiger partial charge >= 0.3 is 0 Å². The molecule has 1 heterocycles. The second kappa shape index (κ2) is 4.32. The molecule has 3 atom stereocenters. The van der Waals surface area contributed by atoms with Gasteiger partial charge in [0.05, 0.1) is 0 Å². The topological polar surface area (TPSA) is 20.3 Å². The number of hydrogen-bond donors (Lipinski definition) is 0. The Kier molecular flexibility index (Phi) is 3.60. The number of halogens is 1. The van der Waals surface area contributed by atoms with E-state index in [4.69, 9.17) is 11.6 Å². The molecule has 1 aliphatic rings. The van der Waals surface area contributed by atoms with Crippen molar-refractivity contribution in [2.45, 2.75) is 32.6 Å². The van der Waals surface area contributed by atoms with E-state index >= 15 is 0 Å². The first-order valence-corrected chi connectivity index (χ1v) is 5.37. The second-order valence-corrected chi connectivity index (χ2v) is 4.96. The molecule has 0 N–H and O–H groups in total. The fraction of sp³-hybridized carbons (Fsp3) is 0.900. The molecule has 0 aromatic rings. The van der Waals surface area contributed by atoms with Crippen LogP contribution in [0, 0.1) is 11.8 Å². The molecule has 0 bridgehead atoms. The van der Waals surface area contributed by atoms with Crippen LogP contribution < -0.4 is 0 Å². The van der Waals surface area contributed by atoms with Gasteiger partial charge in [0.25, 0.3) is 0 Å². The zero-order valence-corrected chi connectivity index (χ0v) is 9.34. The van der Waals surface area contributed by atoms with Crippen LogP contribution in [0.2, 0.25) is 0 Å². The highest BCUT2D eigenvalue weighted by molar-refractivity contribution is 6.30. The number of hydrogen-bond acceptors (Lipinski definition) is 1. The van der Waals surface area contributed by atoms with Gasteiger partial charge in [-0.3, -0.25) is 4.79 Å². The molecule has 76 valence electrons. The molecule has 13 heavy (non-hydrogen) atoms. The smallest absolute Gasteiger partial charge is 0.240 e. The number of piperidine rings is 1. The maximum Gasteiger partial charge on any atom is 0.240 e. The third-order valence-electron chi connectivity index (χ3n) is 2.52. The molecule has 1 fully saturated rings. The molecule has 0 spiro atoms. The molecule has 1 saturated heterocycles. The molecule has 0 radical (unpaired) electrons. The molecule has 0 aliphatic carbocycles. The van der Waals surface area contributed by atoms with Crippen molar-refractivity contribution in [2.75, 3.05) is 13.1 Å². The van der Waals surface area contributed by atoms with Crippen molar-refractivity contribution in [1.82, 2.24) is 4.90 Å². The quantitative estimate of drug-likeness (QED) is 0.598. The fourth-order valence-electron chi connectivity index (χ4n) is 2.09. The SMILES string of the molecule is CC1CC(C)CN(C(=O)C(C)Cl)C1. The summed E-state index contributed by atoms with van der Waals surface area (Å²) in [5.74, 6) is 1.31. The molecule has 0 saturated carbocycles. The Morgan fingerprint density at radius 1 is 1.38 bits per heavy atom. The van der Waals surface area contributed by atoms with Crippen LogP contribution in [0.5, 0.6) is 0 Å². The molecule has 0 aromatic heterocycles. The van der Waals surface area contributed by atoms with Gasteiger partial charge in [0.2, 0.25) is 5.91 Å². The van der Waals surface area contributed by atoms with E-state index in [0.717, 1.165) is 13.1 Å². The lowest BCUT2D eigenvalue weighted by molar-refractivity contribution is -0.133. The normalized spacial score (nSPS) is 31.5. The number of nitrogens with zero attached hydrogens (tertiary/aromatic N) is 1. The lowest BCUT2D eigenvalue weighted by Gasteiger charge is -2.35. The molecule has 1 aliphatic heterocycles. The Morgan fingerprint density at radius 2 is 1.85 bits per heavy atom. The van der Waals surface area contributed by atoms with Crippen molar-refractivity contribution >= 4 is 17.5 Å². The van der Waals surface area contributed by atoms with E-state index in [1.54, 1.807) is 6.92 Å². The summed E-state index contributed by atoms with van der Waals surface area (Å²) in [5.41, 5.74) is 0. The Balaban J connectivity index is 2.55. The van der Waals surface area contributed by atoms with Crippen LogP contribution in [0.4, 0.5) is 0 Å². The van der Waals surface area contributed by atoms with Gasteiger partial charge in [-0.2, -0.15) is 0 Å². The maximum absolute atomic E-state index is 11.6. The largest absolute Gasteiger partial charge is 0.341 e. The average Bonchev–Trinajstić information content (AvgIpc) is 2.01. The summed E-state index contributed by atoms with van der Waals surface area (Å²) in [7, 11) is 0.